The molecular weight excluding hydrogens is 248 g/mol. The number of H-pyrrole nitrogens is 1. The van der Waals surface area contributed by atoms with Crippen molar-refractivity contribution in [3.05, 3.63) is 18.2 Å². The quantitative estimate of drug-likeness (QED) is 0.682. The summed E-state index contributed by atoms with van der Waals surface area (Å²) in [5.74, 6) is -1.06. The molecule has 0 aliphatic heterocycles. The van der Waals surface area contributed by atoms with E-state index in [1.165, 1.54) is 6.33 Å². The van der Waals surface area contributed by atoms with Crippen LogP contribution in [0, 0.1) is 0 Å². The van der Waals surface area contributed by atoms with E-state index in [1.807, 2.05) is 13.8 Å². The molecule has 0 spiro atoms. The highest BCUT2D eigenvalue weighted by Gasteiger charge is 2.23. The van der Waals surface area contributed by atoms with Crippen LogP contribution in [0.1, 0.15) is 26.0 Å². The second-order valence-electron chi connectivity index (χ2n) is 4.20. The summed E-state index contributed by atoms with van der Waals surface area (Å²) in [7, 11) is 0. The Balaban J connectivity index is 2.62. The smallest absolute Gasteiger partial charge is 0.326 e. The van der Waals surface area contributed by atoms with E-state index >= 15 is 0 Å². The van der Waals surface area contributed by atoms with Crippen molar-refractivity contribution in [2.45, 2.75) is 32.7 Å². The van der Waals surface area contributed by atoms with E-state index in [-0.39, 0.29) is 12.5 Å². The van der Waals surface area contributed by atoms with E-state index in [1.54, 1.807) is 11.1 Å². The van der Waals surface area contributed by atoms with E-state index in [9.17, 15) is 9.59 Å². The number of aliphatic carboxylic acids is 1. The van der Waals surface area contributed by atoms with Crippen molar-refractivity contribution < 1.29 is 14.7 Å². The molecule has 1 heterocycles. The number of imidazole rings is 1. The summed E-state index contributed by atoms with van der Waals surface area (Å²) < 4.78 is 0. The Morgan fingerprint density at radius 1 is 1.53 bits per heavy atom. The minimum Gasteiger partial charge on any atom is -0.480 e. The molecule has 1 rings (SSSR count). The fourth-order valence-corrected chi connectivity index (χ4v) is 1.73. The van der Waals surface area contributed by atoms with Gasteiger partial charge in [-0.25, -0.2) is 14.6 Å². The minimum absolute atomic E-state index is 0.185. The van der Waals surface area contributed by atoms with Crippen LogP contribution in [0.15, 0.2) is 12.5 Å². The number of carbonyl (C=O) groups excluding carboxylic acids is 1. The number of aromatic amines is 1. The SMILES string of the molecule is CCCN(CC)C(=O)N[C@H](Cc1cnc[nH]1)C(=O)O. The van der Waals surface area contributed by atoms with Crippen LogP contribution in [-0.2, 0) is 11.2 Å². The number of rotatable bonds is 7. The molecule has 106 valence electrons. The van der Waals surface area contributed by atoms with Gasteiger partial charge in [-0.15, -0.1) is 0 Å². The first kappa shape index (κ1) is 15.0. The van der Waals surface area contributed by atoms with Crippen LogP contribution in [0.2, 0.25) is 0 Å². The number of amides is 2. The molecule has 0 fully saturated rings. The van der Waals surface area contributed by atoms with Gasteiger partial charge >= 0.3 is 12.0 Å². The van der Waals surface area contributed by atoms with Gasteiger partial charge in [0.05, 0.1) is 6.33 Å². The van der Waals surface area contributed by atoms with Gasteiger partial charge in [0.1, 0.15) is 6.04 Å². The van der Waals surface area contributed by atoms with Gasteiger partial charge in [-0.1, -0.05) is 6.92 Å². The fraction of sp³-hybridized carbons (Fsp3) is 0.583. The predicted octanol–water partition coefficient (Wildman–Crippen LogP) is 0.847. The molecule has 0 aliphatic rings. The minimum atomic E-state index is -1.06. The molecule has 0 aliphatic carbocycles. The number of carboxylic acids is 1. The van der Waals surface area contributed by atoms with Crippen LogP contribution in [0.25, 0.3) is 0 Å². The molecule has 0 radical (unpaired) electrons. The van der Waals surface area contributed by atoms with Crippen molar-refractivity contribution in [3.63, 3.8) is 0 Å². The highest BCUT2D eigenvalue weighted by Crippen LogP contribution is 2.01. The lowest BCUT2D eigenvalue weighted by Crippen LogP contribution is -2.49. The van der Waals surface area contributed by atoms with Crippen molar-refractivity contribution >= 4 is 12.0 Å². The number of nitrogens with zero attached hydrogens (tertiary/aromatic N) is 2. The summed E-state index contributed by atoms with van der Waals surface area (Å²) in [5, 5.41) is 11.7. The van der Waals surface area contributed by atoms with E-state index in [2.05, 4.69) is 15.3 Å². The van der Waals surface area contributed by atoms with Gasteiger partial charge in [-0.2, -0.15) is 0 Å². The third kappa shape index (κ3) is 4.61. The van der Waals surface area contributed by atoms with Crippen LogP contribution in [0.3, 0.4) is 0 Å². The first-order chi connectivity index (χ1) is 9.08. The van der Waals surface area contributed by atoms with Crippen LogP contribution in [0.4, 0.5) is 4.79 Å². The lowest BCUT2D eigenvalue weighted by molar-refractivity contribution is -0.139. The van der Waals surface area contributed by atoms with Gasteiger partial charge in [0.25, 0.3) is 0 Å². The Morgan fingerprint density at radius 2 is 2.26 bits per heavy atom. The average Bonchev–Trinajstić information content (AvgIpc) is 2.87. The number of nitrogens with one attached hydrogen (secondary N) is 2. The first-order valence-electron chi connectivity index (χ1n) is 6.34. The van der Waals surface area contributed by atoms with Crippen molar-refractivity contribution in [2.24, 2.45) is 0 Å². The number of aromatic nitrogens is 2. The Morgan fingerprint density at radius 3 is 2.74 bits per heavy atom. The Hall–Kier alpha value is -2.05. The molecule has 0 unspecified atom stereocenters. The summed E-state index contributed by atoms with van der Waals surface area (Å²) in [5.41, 5.74) is 0.672. The molecule has 1 aromatic heterocycles. The summed E-state index contributed by atoms with van der Waals surface area (Å²) in [4.78, 5) is 31.3. The number of urea groups is 1. The van der Waals surface area contributed by atoms with Crippen molar-refractivity contribution in [1.29, 1.82) is 0 Å². The average molecular weight is 268 g/mol. The molecule has 1 atom stereocenters. The second kappa shape index (κ2) is 7.40. The lowest BCUT2D eigenvalue weighted by atomic mass is 10.1. The topological polar surface area (TPSA) is 98.3 Å². The standard InChI is InChI=1S/C12H20N4O3/c1-3-5-16(4-2)12(19)15-10(11(17)18)6-9-7-13-8-14-9/h7-8,10H,3-6H2,1-2H3,(H,13,14)(H,15,19)(H,17,18)/t10-/m1/s1. The van der Waals surface area contributed by atoms with Crippen LogP contribution in [-0.4, -0.2) is 51.1 Å². The summed E-state index contributed by atoms with van der Waals surface area (Å²) in [6, 6.07) is -1.31. The first-order valence-corrected chi connectivity index (χ1v) is 6.34. The molecule has 2 amide bonds. The Bertz CT molecular complexity index is 405. The van der Waals surface area contributed by atoms with Gasteiger partial charge in [0, 0.05) is 31.4 Å². The van der Waals surface area contributed by atoms with Crippen molar-refractivity contribution in [1.82, 2.24) is 20.2 Å². The van der Waals surface area contributed by atoms with Gasteiger partial charge in [-0.05, 0) is 13.3 Å². The molecule has 19 heavy (non-hydrogen) atoms. The van der Waals surface area contributed by atoms with Crippen molar-refractivity contribution in [2.75, 3.05) is 13.1 Å². The van der Waals surface area contributed by atoms with Crippen LogP contribution in [0.5, 0.6) is 0 Å². The third-order valence-electron chi connectivity index (χ3n) is 2.74. The summed E-state index contributed by atoms with van der Waals surface area (Å²) in [6.07, 6.45) is 4.04. The Kier molecular flexibility index (Phi) is 5.84. The molecule has 0 aromatic carbocycles. The summed E-state index contributed by atoms with van der Waals surface area (Å²) >= 11 is 0. The normalized spacial score (nSPS) is 11.9. The van der Waals surface area contributed by atoms with Crippen LogP contribution < -0.4 is 5.32 Å². The highest BCUT2D eigenvalue weighted by atomic mass is 16.4. The van der Waals surface area contributed by atoms with E-state index in [4.69, 9.17) is 5.11 Å². The van der Waals surface area contributed by atoms with Crippen LogP contribution >= 0.6 is 0 Å². The molecule has 0 saturated carbocycles. The maximum atomic E-state index is 11.9. The Labute approximate surface area is 112 Å². The molecule has 7 nitrogen and oxygen atoms in total. The van der Waals surface area contributed by atoms with Gasteiger partial charge in [-0.3, -0.25) is 0 Å². The molecular formula is C12H20N4O3. The molecule has 7 heteroatoms. The number of carboxylic acid groups (broad SMARTS) is 1. The lowest BCUT2D eigenvalue weighted by Gasteiger charge is -2.23. The number of hydrogen-bond acceptors (Lipinski definition) is 3. The molecule has 1 aromatic rings. The largest absolute Gasteiger partial charge is 0.480 e. The fourth-order valence-electron chi connectivity index (χ4n) is 1.73. The number of hydrogen-bond donors (Lipinski definition) is 3. The number of carbonyl (C=O) groups is 2. The van der Waals surface area contributed by atoms with Gasteiger partial charge in [0.2, 0.25) is 0 Å². The maximum Gasteiger partial charge on any atom is 0.326 e. The zero-order chi connectivity index (χ0) is 14.3. The van der Waals surface area contributed by atoms with Gasteiger partial charge < -0.3 is 20.3 Å². The molecule has 0 saturated heterocycles. The van der Waals surface area contributed by atoms with Gasteiger partial charge in [0.15, 0.2) is 0 Å². The predicted molar refractivity (Wildman–Crippen MR) is 69.8 cm³/mol. The highest BCUT2D eigenvalue weighted by molar-refractivity contribution is 5.82. The zero-order valence-corrected chi connectivity index (χ0v) is 11.2. The second-order valence-corrected chi connectivity index (χ2v) is 4.20. The third-order valence-corrected chi connectivity index (χ3v) is 2.74. The monoisotopic (exact) mass is 268 g/mol. The van der Waals surface area contributed by atoms with Crippen molar-refractivity contribution in [3.8, 4) is 0 Å². The molecule has 0 bridgehead atoms. The van der Waals surface area contributed by atoms with E-state index in [0.717, 1.165) is 6.42 Å². The van der Waals surface area contributed by atoms with E-state index in [0.29, 0.717) is 18.8 Å². The maximum absolute atomic E-state index is 11.9. The zero-order valence-electron chi connectivity index (χ0n) is 11.2. The molecule has 3 N–H and O–H groups in total. The summed E-state index contributed by atoms with van der Waals surface area (Å²) in [6.45, 7) is 4.99. The van der Waals surface area contributed by atoms with E-state index < -0.39 is 12.0 Å².